The Hall–Kier alpha value is -1.51. The number of benzene rings is 2. The van der Waals surface area contributed by atoms with E-state index in [0.29, 0.717) is 0 Å². The summed E-state index contributed by atoms with van der Waals surface area (Å²) in [6, 6.07) is 16.0. The van der Waals surface area contributed by atoms with Gasteiger partial charge < -0.3 is 10.1 Å². The number of nitrogens with one attached hydrogen (secondary N) is 1. The van der Waals surface area contributed by atoms with Crippen LogP contribution in [0.25, 0.3) is 0 Å². The molecule has 92 valence electrons. The standard InChI is InChI=1S/C15H14ClNO/c16-13-7-5-11(6-8-13)15-10-17-9-12-3-1-2-4-14(12)18-15/h1-8,15,17H,9-10H2. The van der Waals surface area contributed by atoms with Gasteiger partial charge in [0.25, 0.3) is 0 Å². The summed E-state index contributed by atoms with van der Waals surface area (Å²) in [6.07, 6.45) is 0.0333. The topological polar surface area (TPSA) is 21.3 Å². The fourth-order valence-electron chi connectivity index (χ4n) is 2.16. The van der Waals surface area contributed by atoms with Crippen LogP contribution in [0.4, 0.5) is 0 Å². The predicted octanol–water partition coefficient (Wildman–Crippen LogP) is 3.56. The van der Waals surface area contributed by atoms with Crippen molar-refractivity contribution in [1.29, 1.82) is 0 Å². The Balaban J connectivity index is 1.89. The van der Waals surface area contributed by atoms with Gasteiger partial charge in [-0.05, 0) is 23.8 Å². The fraction of sp³-hybridized carbons (Fsp3) is 0.200. The van der Waals surface area contributed by atoms with Gasteiger partial charge in [-0.1, -0.05) is 41.9 Å². The quantitative estimate of drug-likeness (QED) is 0.846. The second-order valence-electron chi connectivity index (χ2n) is 4.40. The van der Waals surface area contributed by atoms with E-state index in [9.17, 15) is 0 Å². The highest BCUT2D eigenvalue weighted by atomic mass is 35.5. The van der Waals surface area contributed by atoms with Crippen LogP contribution in [0, 0.1) is 0 Å². The van der Waals surface area contributed by atoms with Gasteiger partial charge in [0.1, 0.15) is 11.9 Å². The molecule has 1 aliphatic heterocycles. The van der Waals surface area contributed by atoms with Crippen molar-refractivity contribution in [1.82, 2.24) is 5.32 Å². The summed E-state index contributed by atoms with van der Waals surface area (Å²) in [5.74, 6) is 0.961. The van der Waals surface area contributed by atoms with E-state index in [2.05, 4.69) is 11.4 Å². The monoisotopic (exact) mass is 259 g/mol. The molecule has 1 atom stereocenters. The second kappa shape index (κ2) is 5.01. The van der Waals surface area contributed by atoms with Crippen molar-refractivity contribution in [3.05, 3.63) is 64.7 Å². The van der Waals surface area contributed by atoms with E-state index in [-0.39, 0.29) is 6.10 Å². The first-order chi connectivity index (χ1) is 8.83. The van der Waals surface area contributed by atoms with Gasteiger partial charge in [-0.2, -0.15) is 0 Å². The van der Waals surface area contributed by atoms with E-state index in [1.807, 2.05) is 42.5 Å². The Morgan fingerprint density at radius 2 is 1.83 bits per heavy atom. The third-order valence-electron chi connectivity index (χ3n) is 3.13. The molecule has 0 bridgehead atoms. The molecule has 3 rings (SSSR count). The van der Waals surface area contributed by atoms with Gasteiger partial charge in [0.2, 0.25) is 0 Å². The number of fused-ring (bicyclic) bond motifs is 1. The first kappa shape index (κ1) is 11.6. The number of para-hydroxylation sites is 1. The molecule has 2 aromatic carbocycles. The van der Waals surface area contributed by atoms with Gasteiger partial charge in [0.05, 0.1) is 0 Å². The molecule has 2 nitrogen and oxygen atoms in total. The molecule has 0 aromatic heterocycles. The molecule has 1 aliphatic rings. The van der Waals surface area contributed by atoms with Crippen molar-refractivity contribution in [3.8, 4) is 5.75 Å². The summed E-state index contributed by atoms with van der Waals surface area (Å²) in [6.45, 7) is 1.65. The van der Waals surface area contributed by atoms with Crippen LogP contribution in [0.3, 0.4) is 0 Å². The molecule has 1 heterocycles. The van der Waals surface area contributed by atoms with Crippen LogP contribution in [0.5, 0.6) is 5.75 Å². The van der Waals surface area contributed by atoms with Crippen molar-refractivity contribution < 1.29 is 4.74 Å². The molecular formula is C15H14ClNO. The highest BCUT2D eigenvalue weighted by Crippen LogP contribution is 2.28. The highest BCUT2D eigenvalue weighted by molar-refractivity contribution is 6.30. The molecule has 0 radical (unpaired) electrons. The molecule has 1 N–H and O–H groups in total. The molecular weight excluding hydrogens is 246 g/mol. The van der Waals surface area contributed by atoms with Crippen LogP contribution in [0.1, 0.15) is 17.2 Å². The third kappa shape index (κ3) is 2.35. The van der Waals surface area contributed by atoms with E-state index < -0.39 is 0 Å². The van der Waals surface area contributed by atoms with Crippen LogP contribution < -0.4 is 10.1 Å². The van der Waals surface area contributed by atoms with Gasteiger partial charge in [0.15, 0.2) is 0 Å². The van der Waals surface area contributed by atoms with E-state index in [0.717, 1.165) is 29.4 Å². The van der Waals surface area contributed by atoms with Crippen LogP contribution in [0.15, 0.2) is 48.5 Å². The molecule has 1 unspecified atom stereocenters. The minimum atomic E-state index is 0.0333. The van der Waals surface area contributed by atoms with Crippen LogP contribution in [0.2, 0.25) is 5.02 Å². The highest BCUT2D eigenvalue weighted by Gasteiger charge is 2.18. The Kier molecular flexibility index (Phi) is 3.22. The molecule has 0 saturated carbocycles. The Morgan fingerprint density at radius 3 is 2.67 bits per heavy atom. The van der Waals surface area contributed by atoms with Crippen LogP contribution in [-0.4, -0.2) is 6.54 Å². The van der Waals surface area contributed by atoms with Gasteiger partial charge in [-0.25, -0.2) is 0 Å². The smallest absolute Gasteiger partial charge is 0.136 e. The van der Waals surface area contributed by atoms with Gasteiger partial charge in [-0.15, -0.1) is 0 Å². The first-order valence-corrected chi connectivity index (χ1v) is 6.41. The van der Waals surface area contributed by atoms with Crippen molar-refractivity contribution >= 4 is 11.6 Å². The summed E-state index contributed by atoms with van der Waals surface area (Å²) < 4.78 is 6.08. The molecule has 0 fully saturated rings. The molecule has 2 aromatic rings. The van der Waals surface area contributed by atoms with Gasteiger partial charge in [-0.3, -0.25) is 0 Å². The van der Waals surface area contributed by atoms with Crippen LogP contribution in [-0.2, 0) is 6.54 Å². The average molecular weight is 260 g/mol. The summed E-state index contributed by atoms with van der Waals surface area (Å²) >= 11 is 5.91. The minimum absolute atomic E-state index is 0.0333. The SMILES string of the molecule is Clc1ccc(C2CNCc3ccccc3O2)cc1. The third-order valence-corrected chi connectivity index (χ3v) is 3.38. The number of rotatable bonds is 1. The molecule has 0 spiro atoms. The maximum absolute atomic E-state index is 6.08. The van der Waals surface area contributed by atoms with Crippen molar-refractivity contribution in [2.45, 2.75) is 12.6 Å². The normalized spacial score (nSPS) is 18.6. The summed E-state index contributed by atoms with van der Waals surface area (Å²) in [7, 11) is 0. The van der Waals surface area contributed by atoms with Crippen molar-refractivity contribution in [2.75, 3.05) is 6.54 Å². The van der Waals surface area contributed by atoms with Crippen molar-refractivity contribution in [3.63, 3.8) is 0 Å². The predicted molar refractivity (Wildman–Crippen MR) is 73.0 cm³/mol. The average Bonchev–Trinajstić information content (AvgIpc) is 2.61. The largest absolute Gasteiger partial charge is 0.484 e. The van der Waals surface area contributed by atoms with E-state index in [1.54, 1.807) is 0 Å². The molecule has 0 aliphatic carbocycles. The molecule has 0 saturated heterocycles. The van der Waals surface area contributed by atoms with Gasteiger partial charge in [0, 0.05) is 23.7 Å². The number of hydrogen-bond donors (Lipinski definition) is 1. The Morgan fingerprint density at radius 1 is 1.06 bits per heavy atom. The number of hydrogen-bond acceptors (Lipinski definition) is 2. The fourth-order valence-corrected chi connectivity index (χ4v) is 2.29. The van der Waals surface area contributed by atoms with Crippen molar-refractivity contribution in [2.24, 2.45) is 0 Å². The zero-order valence-corrected chi connectivity index (χ0v) is 10.7. The lowest BCUT2D eigenvalue weighted by Gasteiger charge is -2.17. The molecule has 0 amide bonds. The molecule has 3 heteroatoms. The van der Waals surface area contributed by atoms with E-state index in [4.69, 9.17) is 16.3 Å². The lowest BCUT2D eigenvalue weighted by molar-refractivity contribution is 0.210. The Bertz CT molecular complexity index is 538. The lowest BCUT2D eigenvalue weighted by atomic mass is 10.1. The minimum Gasteiger partial charge on any atom is -0.484 e. The zero-order valence-electron chi connectivity index (χ0n) is 9.90. The maximum Gasteiger partial charge on any atom is 0.136 e. The summed E-state index contributed by atoms with van der Waals surface area (Å²) in [5.41, 5.74) is 2.34. The lowest BCUT2D eigenvalue weighted by Crippen LogP contribution is -2.21. The zero-order chi connectivity index (χ0) is 12.4. The van der Waals surface area contributed by atoms with Gasteiger partial charge >= 0.3 is 0 Å². The number of ether oxygens (including phenoxy) is 1. The summed E-state index contributed by atoms with van der Waals surface area (Å²) in [4.78, 5) is 0. The first-order valence-electron chi connectivity index (χ1n) is 6.04. The van der Waals surface area contributed by atoms with Crippen LogP contribution >= 0.6 is 11.6 Å². The summed E-state index contributed by atoms with van der Waals surface area (Å²) in [5, 5.41) is 4.16. The Labute approximate surface area is 112 Å². The molecule has 18 heavy (non-hydrogen) atoms. The maximum atomic E-state index is 6.08. The van der Waals surface area contributed by atoms with E-state index in [1.165, 1.54) is 5.56 Å². The van der Waals surface area contributed by atoms with E-state index >= 15 is 0 Å². The number of halogens is 1. The second-order valence-corrected chi connectivity index (χ2v) is 4.83.